The number of pyridine rings is 1. The summed E-state index contributed by atoms with van der Waals surface area (Å²) in [7, 11) is 5.29. The molecule has 0 bridgehead atoms. The van der Waals surface area contributed by atoms with Gasteiger partial charge in [-0.05, 0) is 52.0 Å². The third kappa shape index (κ3) is 3.65. The van der Waals surface area contributed by atoms with Crippen LogP contribution in [0.5, 0.6) is 5.75 Å². The lowest BCUT2D eigenvalue weighted by molar-refractivity contribution is -0.0916. The summed E-state index contributed by atoms with van der Waals surface area (Å²) in [5, 5.41) is 12.4. The van der Waals surface area contributed by atoms with Crippen molar-refractivity contribution in [3.05, 3.63) is 42.5 Å². The van der Waals surface area contributed by atoms with Gasteiger partial charge in [0, 0.05) is 37.0 Å². The van der Waals surface area contributed by atoms with Crippen molar-refractivity contribution in [1.82, 2.24) is 29.7 Å². The average molecular weight is 475 g/mol. The van der Waals surface area contributed by atoms with Gasteiger partial charge in [0.05, 0.1) is 24.9 Å². The summed E-state index contributed by atoms with van der Waals surface area (Å²) in [4.78, 5) is 16.5. The molecule has 1 fully saturated rings. The molecule has 4 heterocycles. The molecule has 3 aromatic heterocycles. The fourth-order valence-corrected chi connectivity index (χ4v) is 4.54. The number of rotatable bonds is 6. The van der Waals surface area contributed by atoms with Gasteiger partial charge in [0.15, 0.2) is 11.6 Å². The van der Waals surface area contributed by atoms with E-state index in [0.29, 0.717) is 11.7 Å². The summed E-state index contributed by atoms with van der Waals surface area (Å²) in [6, 6.07) is 7.80. The summed E-state index contributed by atoms with van der Waals surface area (Å²) in [6.45, 7) is 9.17. The lowest BCUT2D eigenvalue weighted by atomic mass is 9.73. The third-order valence-electron chi connectivity index (χ3n) is 7.23. The van der Waals surface area contributed by atoms with Crippen molar-refractivity contribution in [2.75, 3.05) is 31.0 Å². The van der Waals surface area contributed by atoms with Crippen LogP contribution in [0.3, 0.4) is 0 Å². The molecular formula is C25H30N8O2. The van der Waals surface area contributed by atoms with Gasteiger partial charge in [-0.3, -0.25) is 0 Å². The Hall–Kier alpha value is -3.79. The van der Waals surface area contributed by atoms with Crippen LogP contribution in [0.25, 0.3) is 22.3 Å². The summed E-state index contributed by atoms with van der Waals surface area (Å²) < 4.78 is 13.3. The predicted octanol–water partition coefficient (Wildman–Crippen LogP) is 3.88. The van der Waals surface area contributed by atoms with Crippen molar-refractivity contribution in [2.24, 2.45) is 7.05 Å². The number of nitrogens with zero attached hydrogens (tertiary/aromatic N) is 7. The van der Waals surface area contributed by atoms with Crippen LogP contribution in [-0.2, 0) is 11.8 Å². The molecule has 10 nitrogen and oxygen atoms in total. The summed E-state index contributed by atoms with van der Waals surface area (Å²) in [5.41, 5.74) is 2.84. The Labute approximate surface area is 204 Å². The van der Waals surface area contributed by atoms with E-state index in [0.717, 1.165) is 46.0 Å². The highest BCUT2D eigenvalue weighted by atomic mass is 16.5. The molecular weight excluding hydrogens is 444 g/mol. The van der Waals surface area contributed by atoms with E-state index < -0.39 is 0 Å². The van der Waals surface area contributed by atoms with E-state index in [-0.39, 0.29) is 11.1 Å². The van der Waals surface area contributed by atoms with Gasteiger partial charge in [-0.1, -0.05) is 0 Å². The Balaban J connectivity index is 1.52. The van der Waals surface area contributed by atoms with Crippen molar-refractivity contribution in [2.45, 2.75) is 38.8 Å². The number of aromatic nitrogens is 6. The molecule has 1 atom stereocenters. The molecule has 0 amide bonds. The Morgan fingerprint density at radius 3 is 2.54 bits per heavy atom. The molecule has 1 unspecified atom stereocenters. The number of hydrogen-bond donors (Lipinski definition) is 1. The van der Waals surface area contributed by atoms with Crippen molar-refractivity contribution in [1.29, 1.82) is 0 Å². The van der Waals surface area contributed by atoms with Crippen LogP contribution >= 0.6 is 0 Å². The maximum atomic E-state index is 5.82. The predicted molar refractivity (Wildman–Crippen MR) is 135 cm³/mol. The van der Waals surface area contributed by atoms with Crippen molar-refractivity contribution in [3.63, 3.8) is 0 Å². The number of hydrogen-bond acceptors (Lipinski definition) is 9. The van der Waals surface area contributed by atoms with Gasteiger partial charge in [-0.25, -0.2) is 15.0 Å². The van der Waals surface area contributed by atoms with E-state index in [4.69, 9.17) is 19.4 Å². The molecule has 35 heavy (non-hydrogen) atoms. The van der Waals surface area contributed by atoms with E-state index >= 15 is 0 Å². The highest BCUT2D eigenvalue weighted by molar-refractivity contribution is 5.90. The molecule has 0 spiro atoms. The zero-order chi connectivity index (χ0) is 25.0. The van der Waals surface area contributed by atoms with E-state index in [2.05, 4.69) is 46.2 Å². The molecule has 0 aliphatic carbocycles. The molecule has 1 aliphatic rings. The van der Waals surface area contributed by atoms with Crippen LogP contribution in [0.1, 0.15) is 26.5 Å². The minimum absolute atomic E-state index is 0.243. The number of methoxy groups -OCH3 is 2. The maximum Gasteiger partial charge on any atom is 0.227 e. The third-order valence-corrected chi connectivity index (χ3v) is 7.23. The largest absolute Gasteiger partial charge is 0.495 e. The normalized spacial score (nSPS) is 19.0. The maximum absolute atomic E-state index is 5.82. The molecule has 5 rings (SSSR count). The van der Waals surface area contributed by atoms with Crippen molar-refractivity contribution < 1.29 is 9.47 Å². The fraction of sp³-hybridized carbons (Fsp3) is 0.400. The molecule has 182 valence electrons. The second-order valence-electron chi connectivity index (χ2n) is 9.60. The smallest absolute Gasteiger partial charge is 0.227 e. The lowest BCUT2D eigenvalue weighted by Crippen LogP contribution is -2.76. The molecule has 10 heteroatoms. The van der Waals surface area contributed by atoms with Gasteiger partial charge in [0.25, 0.3) is 0 Å². The van der Waals surface area contributed by atoms with Crippen LogP contribution in [-0.4, -0.2) is 61.6 Å². The van der Waals surface area contributed by atoms with Crippen LogP contribution < -0.4 is 15.0 Å². The zero-order valence-electron chi connectivity index (χ0n) is 21.1. The van der Waals surface area contributed by atoms with E-state index in [1.165, 1.54) is 0 Å². The highest BCUT2D eigenvalue weighted by Crippen LogP contribution is 2.46. The summed E-state index contributed by atoms with van der Waals surface area (Å²) in [6.07, 6.45) is 3.49. The Bertz CT molecular complexity index is 1420. The molecule has 1 aliphatic heterocycles. The monoisotopic (exact) mass is 474 g/mol. The topological polar surface area (TPSA) is 103 Å². The van der Waals surface area contributed by atoms with E-state index in [9.17, 15) is 0 Å². The molecule has 0 radical (unpaired) electrons. The molecule has 0 saturated carbocycles. The van der Waals surface area contributed by atoms with E-state index in [1.54, 1.807) is 20.5 Å². The molecule has 1 N–H and O–H groups in total. The van der Waals surface area contributed by atoms with Gasteiger partial charge < -0.3 is 24.3 Å². The van der Waals surface area contributed by atoms with Crippen molar-refractivity contribution in [3.8, 4) is 17.1 Å². The first-order valence-corrected chi connectivity index (χ1v) is 11.4. The summed E-state index contributed by atoms with van der Waals surface area (Å²) >= 11 is 0. The number of benzene rings is 1. The first-order chi connectivity index (χ1) is 16.7. The number of ether oxygens (including phenoxy) is 2. The Morgan fingerprint density at radius 1 is 1.09 bits per heavy atom. The summed E-state index contributed by atoms with van der Waals surface area (Å²) in [5.74, 6) is 2.69. The minimum Gasteiger partial charge on any atom is -0.495 e. The quantitative estimate of drug-likeness (QED) is 0.446. The SMILES string of the molecule is COc1cc(-c2nncn2C)ccc1Nc1ncc2cc(C)nc(N3CC(C)(OC)C3(C)C)c2n1. The zero-order valence-corrected chi connectivity index (χ0v) is 21.1. The lowest BCUT2D eigenvalue weighted by Gasteiger charge is -2.61. The van der Waals surface area contributed by atoms with Gasteiger partial charge >= 0.3 is 0 Å². The first kappa shape index (κ1) is 23.0. The number of anilines is 3. The second-order valence-corrected chi connectivity index (χ2v) is 9.60. The van der Waals surface area contributed by atoms with E-state index in [1.807, 2.05) is 49.0 Å². The van der Waals surface area contributed by atoms with Crippen LogP contribution in [0.4, 0.5) is 17.5 Å². The number of fused-ring (bicyclic) bond motifs is 1. The van der Waals surface area contributed by atoms with Gasteiger partial charge in [-0.2, -0.15) is 0 Å². The average Bonchev–Trinajstić information content (AvgIpc) is 3.28. The van der Waals surface area contributed by atoms with Crippen LogP contribution in [0, 0.1) is 6.92 Å². The second kappa shape index (κ2) is 8.16. The van der Waals surface area contributed by atoms with Crippen molar-refractivity contribution >= 4 is 28.4 Å². The molecule has 1 saturated heterocycles. The minimum atomic E-state index is -0.267. The van der Waals surface area contributed by atoms with Crippen LogP contribution in [0.15, 0.2) is 36.8 Å². The standard InChI is InChI=1S/C25H30N8O2/c1-15-10-17-12-26-23(30-20(17)22(28-15)33-13-25(4,35-7)24(33,2)3)29-18-9-8-16(11-19(18)34-6)21-31-27-14-32(21)5/h8-12,14H,13H2,1-7H3,(H,26,29,30). The highest BCUT2D eigenvalue weighted by Gasteiger charge is 2.57. The Kier molecular flexibility index (Phi) is 5.36. The van der Waals surface area contributed by atoms with Crippen LogP contribution in [0.2, 0.25) is 0 Å². The molecule has 4 aromatic rings. The van der Waals surface area contributed by atoms with Gasteiger partial charge in [0.2, 0.25) is 5.95 Å². The van der Waals surface area contributed by atoms with Gasteiger partial charge in [-0.15, -0.1) is 10.2 Å². The van der Waals surface area contributed by atoms with Gasteiger partial charge in [0.1, 0.15) is 23.2 Å². The number of aryl methyl sites for hydroxylation is 2. The number of nitrogens with one attached hydrogen (secondary N) is 1. The fourth-order valence-electron chi connectivity index (χ4n) is 4.54. The first-order valence-electron chi connectivity index (χ1n) is 11.4. The molecule has 1 aromatic carbocycles. The Morgan fingerprint density at radius 2 is 1.89 bits per heavy atom.